The standard InChI is InChI=1S/C16H29N3O/c1-5-19(12-13-20)15-8-6-14(7-9-15)17-10-11-18-16(2,3)4/h6-9,17-18,20H,5,10-13H2,1-4H3. The smallest absolute Gasteiger partial charge is 0.0606 e. The SMILES string of the molecule is CCN(CCO)c1ccc(NCCNC(C)(C)C)cc1. The van der Waals surface area contributed by atoms with E-state index < -0.39 is 0 Å². The van der Waals surface area contributed by atoms with Crippen molar-refractivity contribution < 1.29 is 5.11 Å². The van der Waals surface area contributed by atoms with Gasteiger partial charge < -0.3 is 20.6 Å². The molecule has 0 amide bonds. The van der Waals surface area contributed by atoms with Gasteiger partial charge in [-0.25, -0.2) is 0 Å². The summed E-state index contributed by atoms with van der Waals surface area (Å²) in [5.74, 6) is 0. The molecule has 4 nitrogen and oxygen atoms in total. The van der Waals surface area contributed by atoms with Crippen molar-refractivity contribution in [3.05, 3.63) is 24.3 Å². The highest BCUT2D eigenvalue weighted by Crippen LogP contribution is 2.17. The molecule has 0 atom stereocenters. The van der Waals surface area contributed by atoms with Crippen molar-refractivity contribution in [2.75, 3.05) is 43.0 Å². The van der Waals surface area contributed by atoms with Gasteiger partial charge in [0.2, 0.25) is 0 Å². The van der Waals surface area contributed by atoms with Crippen molar-refractivity contribution in [3.8, 4) is 0 Å². The average molecular weight is 279 g/mol. The number of hydrogen-bond acceptors (Lipinski definition) is 4. The summed E-state index contributed by atoms with van der Waals surface area (Å²) >= 11 is 0. The Balaban J connectivity index is 2.42. The van der Waals surface area contributed by atoms with E-state index in [1.54, 1.807) is 0 Å². The predicted octanol–water partition coefficient (Wildman–Crippen LogP) is 2.31. The van der Waals surface area contributed by atoms with Crippen LogP contribution in [0, 0.1) is 0 Å². The van der Waals surface area contributed by atoms with Gasteiger partial charge in [0, 0.05) is 43.1 Å². The van der Waals surface area contributed by atoms with Gasteiger partial charge in [0.25, 0.3) is 0 Å². The molecule has 0 radical (unpaired) electrons. The van der Waals surface area contributed by atoms with E-state index in [4.69, 9.17) is 5.11 Å². The van der Waals surface area contributed by atoms with E-state index in [1.165, 1.54) is 0 Å². The van der Waals surface area contributed by atoms with Crippen molar-refractivity contribution in [2.45, 2.75) is 33.2 Å². The van der Waals surface area contributed by atoms with Crippen LogP contribution in [-0.2, 0) is 0 Å². The summed E-state index contributed by atoms with van der Waals surface area (Å²) in [6.45, 7) is 12.2. The predicted molar refractivity (Wildman–Crippen MR) is 87.7 cm³/mol. The van der Waals surface area contributed by atoms with Crippen LogP contribution in [0.15, 0.2) is 24.3 Å². The van der Waals surface area contributed by atoms with Crippen LogP contribution in [0.25, 0.3) is 0 Å². The van der Waals surface area contributed by atoms with Crippen molar-refractivity contribution in [1.29, 1.82) is 0 Å². The minimum absolute atomic E-state index is 0.164. The summed E-state index contributed by atoms with van der Waals surface area (Å²) in [5.41, 5.74) is 2.45. The van der Waals surface area contributed by atoms with Gasteiger partial charge in [0.15, 0.2) is 0 Å². The molecular formula is C16H29N3O. The van der Waals surface area contributed by atoms with Gasteiger partial charge in [0.1, 0.15) is 0 Å². The van der Waals surface area contributed by atoms with Gasteiger partial charge in [-0.3, -0.25) is 0 Å². The average Bonchev–Trinajstić information content (AvgIpc) is 2.41. The van der Waals surface area contributed by atoms with Crippen LogP contribution in [0.4, 0.5) is 11.4 Å². The molecule has 20 heavy (non-hydrogen) atoms. The molecule has 0 saturated carbocycles. The zero-order valence-corrected chi connectivity index (χ0v) is 13.2. The number of likely N-dealkylation sites (N-methyl/N-ethyl adjacent to an activating group) is 1. The fourth-order valence-corrected chi connectivity index (χ4v) is 2.02. The topological polar surface area (TPSA) is 47.5 Å². The maximum atomic E-state index is 9.03. The number of nitrogens with one attached hydrogen (secondary N) is 2. The van der Waals surface area contributed by atoms with Gasteiger partial charge in [-0.05, 0) is 52.0 Å². The quantitative estimate of drug-likeness (QED) is 0.639. The molecule has 4 heteroatoms. The lowest BCUT2D eigenvalue weighted by Gasteiger charge is -2.22. The van der Waals surface area contributed by atoms with Crippen molar-refractivity contribution in [1.82, 2.24) is 5.32 Å². The summed E-state index contributed by atoms with van der Waals surface area (Å²) < 4.78 is 0. The second-order valence-corrected chi connectivity index (χ2v) is 5.95. The highest BCUT2D eigenvalue weighted by Gasteiger charge is 2.07. The lowest BCUT2D eigenvalue weighted by atomic mass is 10.1. The Bertz CT molecular complexity index is 370. The van der Waals surface area contributed by atoms with Gasteiger partial charge in [-0.1, -0.05) is 0 Å². The first-order valence-corrected chi connectivity index (χ1v) is 7.41. The van der Waals surface area contributed by atoms with Crippen molar-refractivity contribution >= 4 is 11.4 Å². The van der Waals surface area contributed by atoms with E-state index in [9.17, 15) is 0 Å². The summed E-state index contributed by atoms with van der Waals surface area (Å²) in [6, 6.07) is 8.37. The minimum atomic E-state index is 0.164. The Kier molecular flexibility index (Phi) is 6.82. The first-order valence-electron chi connectivity index (χ1n) is 7.41. The third kappa shape index (κ3) is 6.26. The van der Waals surface area contributed by atoms with Crippen LogP contribution in [0.3, 0.4) is 0 Å². The van der Waals surface area contributed by atoms with Crippen LogP contribution >= 0.6 is 0 Å². The zero-order valence-electron chi connectivity index (χ0n) is 13.2. The van der Waals surface area contributed by atoms with Crippen molar-refractivity contribution in [2.24, 2.45) is 0 Å². The lowest BCUT2D eigenvalue weighted by Crippen LogP contribution is -2.38. The van der Waals surface area contributed by atoms with Crippen molar-refractivity contribution in [3.63, 3.8) is 0 Å². The minimum Gasteiger partial charge on any atom is -0.395 e. The molecule has 0 aliphatic heterocycles. The highest BCUT2D eigenvalue weighted by molar-refractivity contribution is 5.55. The molecule has 0 unspecified atom stereocenters. The molecule has 1 aromatic rings. The molecule has 0 aliphatic carbocycles. The number of hydrogen-bond donors (Lipinski definition) is 3. The van der Waals surface area contributed by atoms with Crippen LogP contribution in [0.1, 0.15) is 27.7 Å². The number of aliphatic hydroxyl groups excluding tert-OH is 1. The van der Waals surface area contributed by atoms with Crippen LogP contribution in [0.2, 0.25) is 0 Å². The molecule has 0 aliphatic rings. The van der Waals surface area contributed by atoms with Gasteiger partial charge >= 0.3 is 0 Å². The Morgan fingerprint density at radius 3 is 2.25 bits per heavy atom. The molecule has 0 spiro atoms. The third-order valence-corrected chi connectivity index (χ3v) is 3.09. The normalized spacial score (nSPS) is 11.4. The number of anilines is 2. The number of benzene rings is 1. The lowest BCUT2D eigenvalue weighted by molar-refractivity contribution is 0.302. The second-order valence-electron chi connectivity index (χ2n) is 5.95. The fraction of sp³-hybridized carbons (Fsp3) is 0.625. The van der Waals surface area contributed by atoms with Crippen LogP contribution in [-0.4, -0.2) is 43.4 Å². The maximum Gasteiger partial charge on any atom is 0.0606 e. The van der Waals surface area contributed by atoms with Crippen LogP contribution in [0.5, 0.6) is 0 Å². The van der Waals surface area contributed by atoms with E-state index in [2.05, 4.69) is 67.5 Å². The first kappa shape index (κ1) is 16.8. The zero-order chi connectivity index (χ0) is 15.0. The molecule has 1 rings (SSSR count). The molecule has 0 heterocycles. The maximum absolute atomic E-state index is 9.03. The highest BCUT2D eigenvalue weighted by atomic mass is 16.3. The number of nitrogens with zero attached hydrogens (tertiary/aromatic N) is 1. The van der Waals surface area contributed by atoms with E-state index in [0.717, 1.165) is 31.0 Å². The van der Waals surface area contributed by atoms with E-state index >= 15 is 0 Å². The van der Waals surface area contributed by atoms with Gasteiger partial charge in [-0.2, -0.15) is 0 Å². The van der Waals surface area contributed by atoms with Gasteiger partial charge in [0.05, 0.1) is 6.61 Å². The summed E-state index contributed by atoms with van der Waals surface area (Å²) in [4.78, 5) is 2.16. The molecule has 0 aromatic heterocycles. The first-order chi connectivity index (χ1) is 9.46. The monoisotopic (exact) mass is 279 g/mol. The largest absolute Gasteiger partial charge is 0.395 e. The molecule has 0 bridgehead atoms. The van der Waals surface area contributed by atoms with E-state index in [-0.39, 0.29) is 12.1 Å². The van der Waals surface area contributed by atoms with E-state index in [0.29, 0.717) is 6.54 Å². The Morgan fingerprint density at radius 2 is 1.75 bits per heavy atom. The molecule has 114 valence electrons. The third-order valence-electron chi connectivity index (χ3n) is 3.09. The fourth-order valence-electron chi connectivity index (χ4n) is 2.02. The molecule has 0 fully saturated rings. The summed E-state index contributed by atoms with van der Waals surface area (Å²) in [5, 5.41) is 15.9. The second kappa shape index (κ2) is 8.12. The Morgan fingerprint density at radius 1 is 1.10 bits per heavy atom. The summed E-state index contributed by atoms with van der Waals surface area (Å²) in [7, 11) is 0. The van der Waals surface area contributed by atoms with Gasteiger partial charge in [-0.15, -0.1) is 0 Å². The Hall–Kier alpha value is -1.26. The van der Waals surface area contributed by atoms with E-state index in [1.807, 2.05) is 0 Å². The molecular weight excluding hydrogens is 250 g/mol. The molecule has 0 saturated heterocycles. The Labute approximate surface area is 123 Å². The van der Waals surface area contributed by atoms with Crippen LogP contribution < -0.4 is 15.5 Å². The summed E-state index contributed by atoms with van der Waals surface area (Å²) in [6.07, 6.45) is 0. The molecule has 3 N–H and O–H groups in total. The molecule has 1 aromatic carbocycles. The number of rotatable bonds is 8. The number of aliphatic hydroxyl groups is 1.